The summed E-state index contributed by atoms with van der Waals surface area (Å²) >= 11 is 0. The van der Waals surface area contributed by atoms with E-state index in [2.05, 4.69) is 23.0 Å². The highest BCUT2D eigenvalue weighted by Gasteiger charge is 2.22. The van der Waals surface area contributed by atoms with Crippen molar-refractivity contribution in [3.8, 4) is 0 Å². The van der Waals surface area contributed by atoms with Gasteiger partial charge in [0.1, 0.15) is 0 Å². The van der Waals surface area contributed by atoms with E-state index in [1.165, 1.54) is 68.0 Å². The number of aromatic amines is 1. The Balaban J connectivity index is 0.00000147. The predicted octanol–water partition coefficient (Wildman–Crippen LogP) is 4.88. The summed E-state index contributed by atoms with van der Waals surface area (Å²) in [4.78, 5) is 7.86. The standard InChI is InChI=1S/C17H24N2.H2/c1-2-3-4-5-6-13-7-8-16-14(11-13)15-12-18-10-9-17(15)19-16;/h9-10,12-13,19H,2-8,11H2,1H3;1H. The van der Waals surface area contributed by atoms with Crippen LogP contribution in [0.3, 0.4) is 0 Å². The van der Waals surface area contributed by atoms with Crippen LogP contribution in [0.15, 0.2) is 18.5 Å². The molecule has 0 saturated heterocycles. The second kappa shape index (κ2) is 5.77. The van der Waals surface area contributed by atoms with Gasteiger partial charge in [-0.1, -0.05) is 39.0 Å². The van der Waals surface area contributed by atoms with E-state index in [0.717, 1.165) is 5.92 Å². The van der Waals surface area contributed by atoms with E-state index in [1.807, 2.05) is 12.4 Å². The molecule has 1 aliphatic carbocycles. The predicted molar refractivity (Wildman–Crippen MR) is 82.5 cm³/mol. The molecule has 2 heteroatoms. The molecule has 19 heavy (non-hydrogen) atoms. The Labute approximate surface area is 117 Å². The molecule has 2 nitrogen and oxygen atoms in total. The number of unbranched alkanes of at least 4 members (excludes halogenated alkanes) is 3. The van der Waals surface area contributed by atoms with Gasteiger partial charge in [0.2, 0.25) is 0 Å². The minimum atomic E-state index is 0. The molecule has 0 radical (unpaired) electrons. The molecule has 1 N–H and O–H groups in total. The van der Waals surface area contributed by atoms with Gasteiger partial charge in [-0.2, -0.15) is 0 Å². The molecular weight excluding hydrogens is 232 g/mol. The molecule has 0 aromatic carbocycles. The maximum Gasteiger partial charge on any atom is 0.0490 e. The number of rotatable bonds is 5. The van der Waals surface area contributed by atoms with Gasteiger partial charge in [-0.05, 0) is 36.8 Å². The summed E-state index contributed by atoms with van der Waals surface area (Å²) in [5.41, 5.74) is 4.29. The highest BCUT2D eigenvalue weighted by Crippen LogP contribution is 2.33. The molecule has 0 saturated carbocycles. The van der Waals surface area contributed by atoms with Crippen molar-refractivity contribution in [3.05, 3.63) is 29.7 Å². The maximum atomic E-state index is 4.28. The Kier molecular flexibility index (Phi) is 3.86. The molecule has 0 spiro atoms. The lowest BCUT2D eigenvalue weighted by molar-refractivity contribution is 0.405. The number of pyridine rings is 1. The number of aryl methyl sites for hydroxylation is 1. The number of hydrogen-bond acceptors (Lipinski definition) is 1. The van der Waals surface area contributed by atoms with E-state index >= 15 is 0 Å². The van der Waals surface area contributed by atoms with Crippen LogP contribution >= 0.6 is 0 Å². The molecule has 2 heterocycles. The summed E-state index contributed by atoms with van der Waals surface area (Å²) < 4.78 is 0. The van der Waals surface area contributed by atoms with Gasteiger partial charge in [0, 0.05) is 30.4 Å². The fourth-order valence-electron chi connectivity index (χ4n) is 3.44. The fourth-order valence-corrected chi connectivity index (χ4v) is 3.44. The van der Waals surface area contributed by atoms with Crippen LogP contribution in [0.1, 0.15) is 58.1 Å². The minimum absolute atomic E-state index is 0. The molecule has 2 aromatic rings. The lowest BCUT2D eigenvalue weighted by Crippen LogP contribution is -2.13. The Bertz CT molecular complexity index is 547. The summed E-state index contributed by atoms with van der Waals surface area (Å²) in [5.74, 6) is 0.892. The van der Waals surface area contributed by atoms with Crippen molar-refractivity contribution in [2.24, 2.45) is 5.92 Å². The smallest absolute Gasteiger partial charge is 0.0490 e. The number of nitrogens with zero attached hydrogens (tertiary/aromatic N) is 1. The molecule has 1 aliphatic rings. The zero-order valence-electron chi connectivity index (χ0n) is 11.9. The number of hydrogen-bond donors (Lipinski definition) is 1. The molecule has 2 aromatic heterocycles. The first-order valence-corrected chi connectivity index (χ1v) is 7.82. The lowest BCUT2D eigenvalue weighted by atomic mass is 9.83. The highest BCUT2D eigenvalue weighted by molar-refractivity contribution is 5.83. The fraction of sp³-hybridized carbons (Fsp3) is 0.588. The van der Waals surface area contributed by atoms with E-state index in [-0.39, 0.29) is 1.43 Å². The van der Waals surface area contributed by atoms with Crippen molar-refractivity contribution in [2.45, 2.75) is 58.3 Å². The van der Waals surface area contributed by atoms with Crippen molar-refractivity contribution in [1.29, 1.82) is 0 Å². The Morgan fingerprint density at radius 1 is 1.37 bits per heavy atom. The van der Waals surface area contributed by atoms with Gasteiger partial charge in [0.05, 0.1) is 0 Å². The first kappa shape index (κ1) is 12.7. The molecular formula is C17H26N2. The third kappa shape index (κ3) is 2.68. The van der Waals surface area contributed by atoms with Gasteiger partial charge in [-0.3, -0.25) is 4.98 Å². The van der Waals surface area contributed by atoms with Crippen molar-refractivity contribution < 1.29 is 1.43 Å². The van der Waals surface area contributed by atoms with Crippen molar-refractivity contribution in [2.75, 3.05) is 0 Å². The maximum absolute atomic E-state index is 4.28. The van der Waals surface area contributed by atoms with Crippen LogP contribution in [0, 0.1) is 5.92 Å². The van der Waals surface area contributed by atoms with Crippen molar-refractivity contribution in [1.82, 2.24) is 9.97 Å². The summed E-state index contributed by atoms with van der Waals surface area (Å²) in [6, 6.07) is 2.10. The van der Waals surface area contributed by atoms with E-state index < -0.39 is 0 Å². The second-order valence-electron chi connectivity index (χ2n) is 5.96. The first-order valence-electron chi connectivity index (χ1n) is 7.82. The first-order chi connectivity index (χ1) is 9.38. The average Bonchev–Trinajstić information content (AvgIpc) is 2.82. The van der Waals surface area contributed by atoms with Crippen LogP contribution in [0.5, 0.6) is 0 Å². The number of H-pyrrole nitrogens is 1. The average molecular weight is 258 g/mol. The summed E-state index contributed by atoms with van der Waals surface area (Å²) in [5, 5.41) is 1.36. The molecule has 0 aliphatic heterocycles. The van der Waals surface area contributed by atoms with Crippen molar-refractivity contribution >= 4 is 10.9 Å². The van der Waals surface area contributed by atoms with E-state index in [1.54, 1.807) is 5.56 Å². The summed E-state index contributed by atoms with van der Waals surface area (Å²) in [7, 11) is 0. The normalized spacial score (nSPS) is 18.7. The highest BCUT2D eigenvalue weighted by atomic mass is 14.7. The van der Waals surface area contributed by atoms with Gasteiger partial charge < -0.3 is 4.98 Å². The Morgan fingerprint density at radius 2 is 2.32 bits per heavy atom. The molecule has 0 amide bonds. The zero-order valence-corrected chi connectivity index (χ0v) is 11.9. The van der Waals surface area contributed by atoms with Crippen LogP contribution in [0.25, 0.3) is 10.9 Å². The Hall–Kier alpha value is -1.31. The van der Waals surface area contributed by atoms with Gasteiger partial charge in [0.25, 0.3) is 0 Å². The Morgan fingerprint density at radius 3 is 3.21 bits per heavy atom. The van der Waals surface area contributed by atoms with E-state index in [4.69, 9.17) is 0 Å². The van der Waals surface area contributed by atoms with Gasteiger partial charge in [-0.25, -0.2) is 0 Å². The topological polar surface area (TPSA) is 28.7 Å². The monoisotopic (exact) mass is 258 g/mol. The minimum Gasteiger partial charge on any atom is -0.358 e. The SMILES string of the molecule is CCCCCCC1CCc2[nH]c3ccncc3c2C1.[HH]. The van der Waals surface area contributed by atoms with Crippen LogP contribution in [0.4, 0.5) is 0 Å². The molecule has 104 valence electrons. The number of fused-ring (bicyclic) bond motifs is 3. The lowest BCUT2D eigenvalue weighted by Gasteiger charge is -2.22. The van der Waals surface area contributed by atoms with Crippen LogP contribution in [-0.2, 0) is 12.8 Å². The molecule has 3 rings (SSSR count). The van der Waals surface area contributed by atoms with Crippen molar-refractivity contribution in [3.63, 3.8) is 0 Å². The van der Waals surface area contributed by atoms with E-state index in [0.29, 0.717) is 0 Å². The van der Waals surface area contributed by atoms with Gasteiger partial charge in [0.15, 0.2) is 0 Å². The largest absolute Gasteiger partial charge is 0.358 e. The second-order valence-corrected chi connectivity index (χ2v) is 5.96. The third-order valence-electron chi connectivity index (χ3n) is 4.56. The zero-order chi connectivity index (χ0) is 13.1. The van der Waals surface area contributed by atoms with E-state index in [9.17, 15) is 0 Å². The van der Waals surface area contributed by atoms with Gasteiger partial charge >= 0.3 is 0 Å². The van der Waals surface area contributed by atoms with Crippen LogP contribution < -0.4 is 0 Å². The summed E-state index contributed by atoms with van der Waals surface area (Å²) in [6.07, 6.45) is 14.7. The quantitative estimate of drug-likeness (QED) is 0.760. The van der Waals surface area contributed by atoms with Gasteiger partial charge in [-0.15, -0.1) is 0 Å². The molecule has 0 fully saturated rings. The third-order valence-corrected chi connectivity index (χ3v) is 4.56. The number of nitrogens with one attached hydrogen (secondary N) is 1. The molecule has 0 bridgehead atoms. The van der Waals surface area contributed by atoms with Crippen LogP contribution in [-0.4, -0.2) is 9.97 Å². The summed E-state index contributed by atoms with van der Waals surface area (Å²) in [6.45, 7) is 2.28. The van der Waals surface area contributed by atoms with Crippen LogP contribution in [0.2, 0.25) is 0 Å². The molecule has 1 unspecified atom stereocenters. The molecule has 1 atom stereocenters. The number of aromatic nitrogens is 2.